The van der Waals surface area contributed by atoms with Gasteiger partial charge in [0, 0.05) is 24.7 Å². The SMILES string of the molecule is CCOc1cc(C(=O)Nc2ccc(Oc3ccc(C)cc3)nc2)ccc1OCC(=O)N1CCCCC1. The molecule has 0 bridgehead atoms. The summed E-state index contributed by atoms with van der Waals surface area (Å²) in [5, 5.41) is 2.82. The predicted molar refractivity (Wildman–Crippen MR) is 137 cm³/mol. The first kappa shape index (κ1) is 25.0. The molecule has 1 N–H and O–H groups in total. The Bertz CT molecular complexity index is 1170. The number of carbonyl (C=O) groups excluding carboxylic acids is 2. The number of benzene rings is 2. The summed E-state index contributed by atoms with van der Waals surface area (Å²) in [7, 11) is 0. The highest BCUT2D eigenvalue weighted by Crippen LogP contribution is 2.29. The molecule has 1 aliphatic rings. The van der Waals surface area contributed by atoms with E-state index in [0.29, 0.717) is 41.0 Å². The van der Waals surface area contributed by atoms with Crippen LogP contribution in [0.3, 0.4) is 0 Å². The third kappa shape index (κ3) is 6.75. The monoisotopic (exact) mass is 489 g/mol. The number of anilines is 1. The zero-order valence-corrected chi connectivity index (χ0v) is 20.7. The number of ether oxygens (including phenoxy) is 3. The van der Waals surface area contributed by atoms with Crippen molar-refractivity contribution < 1.29 is 23.8 Å². The van der Waals surface area contributed by atoms with E-state index in [1.165, 1.54) is 6.20 Å². The van der Waals surface area contributed by atoms with E-state index < -0.39 is 0 Å². The van der Waals surface area contributed by atoms with Gasteiger partial charge < -0.3 is 24.4 Å². The Hall–Kier alpha value is -4.07. The molecule has 36 heavy (non-hydrogen) atoms. The van der Waals surface area contributed by atoms with Crippen molar-refractivity contribution >= 4 is 17.5 Å². The van der Waals surface area contributed by atoms with Crippen LogP contribution in [0.2, 0.25) is 0 Å². The Labute approximate surface area is 211 Å². The molecule has 1 fully saturated rings. The number of aryl methyl sites for hydroxylation is 1. The molecule has 2 amide bonds. The summed E-state index contributed by atoms with van der Waals surface area (Å²) in [4.78, 5) is 31.4. The quantitative estimate of drug-likeness (QED) is 0.443. The topological polar surface area (TPSA) is 90.0 Å². The summed E-state index contributed by atoms with van der Waals surface area (Å²) in [6.45, 7) is 5.74. The molecule has 0 radical (unpaired) electrons. The second-order valence-corrected chi connectivity index (χ2v) is 8.58. The van der Waals surface area contributed by atoms with Gasteiger partial charge in [-0.1, -0.05) is 17.7 Å². The van der Waals surface area contributed by atoms with Gasteiger partial charge in [-0.25, -0.2) is 4.98 Å². The molecule has 0 saturated carbocycles. The number of amides is 2. The zero-order valence-electron chi connectivity index (χ0n) is 20.7. The van der Waals surface area contributed by atoms with Crippen LogP contribution in [-0.4, -0.2) is 48.0 Å². The van der Waals surface area contributed by atoms with Gasteiger partial charge in [-0.2, -0.15) is 0 Å². The second-order valence-electron chi connectivity index (χ2n) is 8.58. The number of pyridine rings is 1. The predicted octanol–water partition coefficient (Wildman–Crippen LogP) is 5.22. The lowest BCUT2D eigenvalue weighted by molar-refractivity contribution is -0.134. The number of aromatic nitrogens is 1. The maximum atomic E-state index is 12.8. The number of rotatable bonds is 9. The van der Waals surface area contributed by atoms with E-state index in [2.05, 4.69) is 10.3 Å². The van der Waals surface area contributed by atoms with E-state index in [1.54, 1.807) is 30.3 Å². The number of hydrogen-bond acceptors (Lipinski definition) is 6. The van der Waals surface area contributed by atoms with E-state index in [4.69, 9.17) is 14.2 Å². The first-order valence-electron chi connectivity index (χ1n) is 12.2. The molecule has 1 aromatic heterocycles. The number of likely N-dealkylation sites (tertiary alicyclic amines) is 1. The van der Waals surface area contributed by atoms with Crippen LogP contribution >= 0.6 is 0 Å². The first-order valence-corrected chi connectivity index (χ1v) is 12.2. The van der Waals surface area contributed by atoms with Crippen LogP contribution in [0.5, 0.6) is 23.1 Å². The molecule has 0 unspecified atom stereocenters. The highest BCUT2D eigenvalue weighted by molar-refractivity contribution is 6.04. The number of carbonyl (C=O) groups is 2. The van der Waals surface area contributed by atoms with Crippen LogP contribution in [0.25, 0.3) is 0 Å². The summed E-state index contributed by atoms with van der Waals surface area (Å²) in [6, 6.07) is 16.0. The normalized spacial score (nSPS) is 13.1. The van der Waals surface area contributed by atoms with Gasteiger partial charge in [0.05, 0.1) is 18.5 Å². The third-order valence-corrected chi connectivity index (χ3v) is 5.80. The molecule has 0 atom stereocenters. The fourth-order valence-corrected chi connectivity index (χ4v) is 3.86. The van der Waals surface area contributed by atoms with Crippen LogP contribution < -0.4 is 19.5 Å². The minimum absolute atomic E-state index is 0.0405. The highest BCUT2D eigenvalue weighted by atomic mass is 16.5. The molecular formula is C28H31N3O5. The minimum atomic E-state index is -0.319. The van der Waals surface area contributed by atoms with Crippen LogP contribution in [0.1, 0.15) is 42.1 Å². The van der Waals surface area contributed by atoms with Crippen molar-refractivity contribution in [3.63, 3.8) is 0 Å². The van der Waals surface area contributed by atoms with Crippen LogP contribution in [0.4, 0.5) is 5.69 Å². The first-order chi connectivity index (χ1) is 17.5. The molecule has 1 aliphatic heterocycles. The van der Waals surface area contributed by atoms with E-state index in [0.717, 1.165) is 37.9 Å². The van der Waals surface area contributed by atoms with E-state index in [-0.39, 0.29) is 18.4 Å². The minimum Gasteiger partial charge on any atom is -0.490 e. The molecule has 1 saturated heterocycles. The number of hydrogen-bond donors (Lipinski definition) is 1. The van der Waals surface area contributed by atoms with Crippen LogP contribution in [0, 0.1) is 6.92 Å². The summed E-state index contributed by atoms with van der Waals surface area (Å²) in [5.74, 6) is 1.60. The Morgan fingerprint density at radius 2 is 1.72 bits per heavy atom. The van der Waals surface area contributed by atoms with Crippen molar-refractivity contribution in [2.24, 2.45) is 0 Å². The third-order valence-electron chi connectivity index (χ3n) is 5.80. The summed E-state index contributed by atoms with van der Waals surface area (Å²) in [6.07, 6.45) is 4.74. The molecule has 2 aromatic carbocycles. The molecular weight excluding hydrogens is 458 g/mol. The molecule has 0 spiro atoms. The zero-order chi connectivity index (χ0) is 25.3. The standard InChI is InChI=1S/C28H31N3O5/c1-3-34-25-17-21(9-13-24(25)35-19-27(32)31-15-5-4-6-16-31)28(33)30-22-10-14-26(29-18-22)36-23-11-7-20(2)8-12-23/h7-14,17-18H,3-6,15-16,19H2,1-2H3,(H,30,33). The van der Waals surface area contributed by atoms with Crippen molar-refractivity contribution in [3.8, 4) is 23.1 Å². The maximum Gasteiger partial charge on any atom is 0.260 e. The largest absolute Gasteiger partial charge is 0.490 e. The number of nitrogens with zero attached hydrogens (tertiary/aromatic N) is 2. The molecule has 4 rings (SSSR count). The average molecular weight is 490 g/mol. The lowest BCUT2D eigenvalue weighted by Gasteiger charge is -2.26. The van der Waals surface area contributed by atoms with E-state index >= 15 is 0 Å². The Kier molecular flexibility index (Phi) is 8.39. The summed E-state index contributed by atoms with van der Waals surface area (Å²) < 4.78 is 17.2. The summed E-state index contributed by atoms with van der Waals surface area (Å²) in [5.41, 5.74) is 2.07. The number of piperidine rings is 1. The van der Waals surface area contributed by atoms with Gasteiger partial charge in [-0.3, -0.25) is 9.59 Å². The molecule has 8 nitrogen and oxygen atoms in total. The number of nitrogens with one attached hydrogen (secondary N) is 1. The van der Waals surface area contributed by atoms with Gasteiger partial charge in [0.15, 0.2) is 18.1 Å². The Morgan fingerprint density at radius 3 is 2.42 bits per heavy atom. The van der Waals surface area contributed by atoms with Gasteiger partial charge in [0.2, 0.25) is 5.88 Å². The van der Waals surface area contributed by atoms with E-state index in [1.807, 2.05) is 43.0 Å². The van der Waals surface area contributed by atoms with Crippen molar-refractivity contribution in [2.45, 2.75) is 33.1 Å². The average Bonchev–Trinajstić information content (AvgIpc) is 2.91. The fraction of sp³-hybridized carbons (Fsp3) is 0.321. The van der Waals surface area contributed by atoms with Crippen LogP contribution in [0.15, 0.2) is 60.8 Å². The van der Waals surface area contributed by atoms with Crippen molar-refractivity contribution in [2.75, 3.05) is 31.6 Å². The van der Waals surface area contributed by atoms with Crippen molar-refractivity contribution in [3.05, 3.63) is 71.9 Å². The van der Waals surface area contributed by atoms with Crippen molar-refractivity contribution in [1.29, 1.82) is 0 Å². The highest BCUT2D eigenvalue weighted by Gasteiger charge is 2.18. The molecule has 8 heteroatoms. The van der Waals surface area contributed by atoms with Crippen LogP contribution in [-0.2, 0) is 4.79 Å². The molecule has 2 heterocycles. The fourth-order valence-electron chi connectivity index (χ4n) is 3.86. The smallest absolute Gasteiger partial charge is 0.260 e. The van der Waals surface area contributed by atoms with E-state index in [9.17, 15) is 9.59 Å². The van der Waals surface area contributed by atoms with Gasteiger partial charge in [-0.15, -0.1) is 0 Å². The lowest BCUT2D eigenvalue weighted by atomic mass is 10.1. The molecule has 0 aliphatic carbocycles. The summed E-state index contributed by atoms with van der Waals surface area (Å²) >= 11 is 0. The molecule has 3 aromatic rings. The lowest BCUT2D eigenvalue weighted by Crippen LogP contribution is -2.38. The van der Waals surface area contributed by atoms with Gasteiger partial charge in [-0.05, 0) is 69.5 Å². The van der Waals surface area contributed by atoms with Gasteiger partial charge >= 0.3 is 0 Å². The van der Waals surface area contributed by atoms with Crippen molar-refractivity contribution in [1.82, 2.24) is 9.88 Å². The second kappa shape index (κ2) is 12.1. The Morgan fingerprint density at radius 1 is 0.944 bits per heavy atom. The molecule has 188 valence electrons. The van der Waals surface area contributed by atoms with Gasteiger partial charge in [0.25, 0.3) is 11.8 Å². The van der Waals surface area contributed by atoms with Gasteiger partial charge in [0.1, 0.15) is 5.75 Å². The maximum absolute atomic E-state index is 12.8. The Balaban J connectivity index is 1.36.